The van der Waals surface area contributed by atoms with Crippen LogP contribution in [0.5, 0.6) is 0 Å². The van der Waals surface area contributed by atoms with Crippen LogP contribution in [-0.4, -0.2) is 11.7 Å². The van der Waals surface area contributed by atoms with Gasteiger partial charge in [0.1, 0.15) is 0 Å². The number of benzene rings is 2. The van der Waals surface area contributed by atoms with E-state index in [0.29, 0.717) is 6.54 Å². The molecule has 0 bridgehead atoms. The largest absolute Gasteiger partial charge is 0.387 e. The van der Waals surface area contributed by atoms with Gasteiger partial charge in [0, 0.05) is 17.1 Å². The van der Waals surface area contributed by atoms with E-state index in [1.807, 2.05) is 36.4 Å². The van der Waals surface area contributed by atoms with Crippen LogP contribution in [0, 0.1) is 6.92 Å². The number of halogens is 1. The Kier molecular flexibility index (Phi) is 5.35. The molecule has 0 saturated heterocycles. The third kappa shape index (κ3) is 3.92. The van der Waals surface area contributed by atoms with Gasteiger partial charge in [-0.2, -0.15) is 0 Å². The Morgan fingerprint density at radius 1 is 1.15 bits per heavy atom. The van der Waals surface area contributed by atoms with E-state index in [0.717, 1.165) is 10.0 Å². The molecule has 20 heavy (non-hydrogen) atoms. The second-order valence-corrected chi connectivity index (χ2v) is 5.97. The van der Waals surface area contributed by atoms with E-state index >= 15 is 0 Å². The van der Waals surface area contributed by atoms with Crippen molar-refractivity contribution in [1.82, 2.24) is 5.32 Å². The third-order valence-corrected chi connectivity index (χ3v) is 4.00. The third-order valence-electron chi connectivity index (χ3n) is 3.51. The smallest absolute Gasteiger partial charge is 0.0914 e. The van der Waals surface area contributed by atoms with Crippen LogP contribution in [0.25, 0.3) is 0 Å². The molecule has 2 aromatic carbocycles. The van der Waals surface area contributed by atoms with Crippen LogP contribution in [0.3, 0.4) is 0 Å². The fourth-order valence-corrected chi connectivity index (χ4v) is 2.72. The maximum atomic E-state index is 10.2. The van der Waals surface area contributed by atoms with E-state index in [4.69, 9.17) is 0 Å². The average molecular weight is 334 g/mol. The Morgan fingerprint density at radius 3 is 2.60 bits per heavy atom. The summed E-state index contributed by atoms with van der Waals surface area (Å²) in [5.41, 5.74) is 3.46. The molecule has 0 radical (unpaired) electrons. The lowest BCUT2D eigenvalue weighted by atomic mass is 10.0. The molecule has 3 heteroatoms. The fraction of sp³-hybridized carbons (Fsp3) is 0.294. The summed E-state index contributed by atoms with van der Waals surface area (Å²) in [7, 11) is 0. The number of rotatable bonds is 5. The van der Waals surface area contributed by atoms with Crippen molar-refractivity contribution in [2.24, 2.45) is 0 Å². The van der Waals surface area contributed by atoms with Crippen molar-refractivity contribution >= 4 is 15.9 Å². The quantitative estimate of drug-likeness (QED) is 0.861. The summed E-state index contributed by atoms with van der Waals surface area (Å²) in [6, 6.07) is 16.3. The predicted octanol–water partition coefficient (Wildman–Crippen LogP) is 4.14. The topological polar surface area (TPSA) is 32.3 Å². The number of aliphatic hydroxyl groups excluding tert-OH is 1. The molecule has 0 aliphatic carbocycles. The Bertz CT molecular complexity index is 570. The molecule has 106 valence electrons. The van der Waals surface area contributed by atoms with Crippen LogP contribution in [0.4, 0.5) is 0 Å². The maximum Gasteiger partial charge on any atom is 0.0914 e. The monoisotopic (exact) mass is 333 g/mol. The summed E-state index contributed by atoms with van der Waals surface area (Å²) in [6.07, 6.45) is -0.501. The normalized spacial score (nSPS) is 14.0. The van der Waals surface area contributed by atoms with Crippen molar-refractivity contribution in [3.05, 3.63) is 69.7 Å². The number of aryl methyl sites for hydroxylation is 1. The van der Waals surface area contributed by atoms with E-state index < -0.39 is 6.10 Å². The number of aliphatic hydroxyl groups is 1. The highest BCUT2D eigenvalue weighted by Gasteiger charge is 2.11. The number of hydrogen-bond donors (Lipinski definition) is 2. The SMILES string of the molecule is Cc1ccccc1C(C)NCC(O)c1cccc(Br)c1. The molecule has 0 saturated carbocycles. The van der Waals surface area contributed by atoms with Crippen LogP contribution >= 0.6 is 15.9 Å². The lowest BCUT2D eigenvalue weighted by Gasteiger charge is -2.19. The summed E-state index contributed by atoms with van der Waals surface area (Å²) in [5, 5.41) is 13.6. The highest BCUT2D eigenvalue weighted by molar-refractivity contribution is 9.10. The number of nitrogens with one attached hydrogen (secondary N) is 1. The van der Waals surface area contributed by atoms with Crippen molar-refractivity contribution < 1.29 is 5.11 Å². The van der Waals surface area contributed by atoms with Crippen molar-refractivity contribution in [2.75, 3.05) is 6.54 Å². The second-order valence-electron chi connectivity index (χ2n) is 5.06. The van der Waals surface area contributed by atoms with E-state index in [-0.39, 0.29) is 6.04 Å². The van der Waals surface area contributed by atoms with Crippen LogP contribution in [0.15, 0.2) is 53.0 Å². The first-order chi connectivity index (χ1) is 9.58. The summed E-state index contributed by atoms with van der Waals surface area (Å²) in [6.45, 7) is 4.76. The molecule has 2 aromatic rings. The molecule has 2 unspecified atom stereocenters. The molecule has 2 nitrogen and oxygen atoms in total. The Morgan fingerprint density at radius 2 is 1.90 bits per heavy atom. The maximum absolute atomic E-state index is 10.2. The standard InChI is InChI=1S/C17H20BrNO/c1-12-6-3-4-9-16(12)13(2)19-11-17(20)14-7-5-8-15(18)10-14/h3-10,13,17,19-20H,11H2,1-2H3. The highest BCUT2D eigenvalue weighted by atomic mass is 79.9. The molecule has 2 N–H and O–H groups in total. The molecule has 0 fully saturated rings. The van der Waals surface area contributed by atoms with Gasteiger partial charge in [0.05, 0.1) is 6.10 Å². The van der Waals surface area contributed by atoms with E-state index in [9.17, 15) is 5.11 Å². The Hall–Kier alpha value is -1.16. The van der Waals surface area contributed by atoms with Crippen LogP contribution in [-0.2, 0) is 0 Å². The van der Waals surface area contributed by atoms with Crippen molar-refractivity contribution in [3.8, 4) is 0 Å². The minimum atomic E-state index is -0.501. The molecular weight excluding hydrogens is 314 g/mol. The van der Waals surface area contributed by atoms with Crippen molar-refractivity contribution in [3.63, 3.8) is 0 Å². The van der Waals surface area contributed by atoms with Gasteiger partial charge in [-0.3, -0.25) is 0 Å². The molecule has 0 aliphatic heterocycles. The first-order valence-electron chi connectivity index (χ1n) is 6.80. The molecule has 0 heterocycles. The van der Waals surface area contributed by atoms with Gasteiger partial charge in [-0.25, -0.2) is 0 Å². The van der Waals surface area contributed by atoms with E-state index in [2.05, 4.69) is 47.2 Å². The van der Waals surface area contributed by atoms with E-state index in [1.165, 1.54) is 11.1 Å². The lowest BCUT2D eigenvalue weighted by Crippen LogP contribution is -2.25. The first kappa shape index (κ1) is 15.2. The molecule has 0 spiro atoms. The van der Waals surface area contributed by atoms with Crippen LogP contribution in [0.1, 0.15) is 35.8 Å². The van der Waals surface area contributed by atoms with Gasteiger partial charge in [-0.15, -0.1) is 0 Å². The van der Waals surface area contributed by atoms with Crippen molar-refractivity contribution in [2.45, 2.75) is 26.0 Å². The molecule has 2 atom stereocenters. The van der Waals surface area contributed by atoms with E-state index in [1.54, 1.807) is 0 Å². The molecule has 0 aromatic heterocycles. The fourth-order valence-electron chi connectivity index (χ4n) is 2.30. The molecule has 0 aliphatic rings. The summed E-state index contributed by atoms with van der Waals surface area (Å²) in [4.78, 5) is 0. The minimum absolute atomic E-state index is 0.220. The summed E-state index contributed by atoms with van der Waals surface area (Å²) < 4.78 is 0.987. The van der Waals surface area contributed by atoms with Gasteiger partial charge in [0.25, 0.3) is 0 Å². The van der Waals surface area contributed by atoms with Gasteiger partial charge in [0.15, 0.2) is 0 Å². The molecule has 2 rings (SSSR count). The highest BCUT2D eigenvalue weighted by Crippen LogP contribution is 2.20. The first-order valence-corrected chi connectivity index (χ1v) is 7.59. The van der Waals surface area contributed by atoms with Crippen LogP contribution in [0.2, 0.25) is 0 Å². The Labute approximate surface area is 129 Å². The van der Waals surface area contributed by atoms with Crippen molar-refractivity contribution in [1.29, 1.82) is 0 Å². The second kappa shape index (κ2) is 7.02. The summed E-state index contributed by atoms with van der Waals surface area (Å²) >= 11 is 3.43. The zero-order valence-corrected chi connectivity index (χ0v) is 13.4. The van der Waals surface area contributed by atoms with Gasteiger partial charge in [-0.1, -0.05) is 52.3 Å². The van der Waals surface area contributed by atoms with Gasteiger partial charge in [0.2, 0.25) is 0 Å². The molecular formula is C17H20BrNO. The van der Waals surface area contributed by atoms with Gasteiger partial charge in [-0.05, 0) is 42.7 Å². The predicted molar refractivity (Wildman–Crippen MR) is 86.7 cm³/mol. The zero-order valence-electron chi connectivity index (χ0n) is 11.8. The minimum Gasteiger partial charge on any atom is -0.387 e. The van der Waals surface area contributed by atoms with Crippen LogP contribution < -0.4 is 5.32 Å². The Balaban J connectivity index is 1.97. The lowest BCUT2D eigenvalue weighted by molar-refractivity contribution is 0.170. The van der Waals surface area contributed by atoms with Gasteiger partial charge < -0.3 is 10.4 Å². The van der Waals surface area contributed by atoms with Gasteiger partial charge >= 0.3 is 0 Å². The summed E-state index contributed by atoms with van der Waals surface area (Å²) in [5.74, 6) is 0. The molecule has 0 amide bonds. The average Bonchev–Trinajstić information content (AvgIpc) is 2.45. The zero-order chi connectivity index (χ0) is 14.5. The number of hydrogen-bond acceptors (Lipinski definition) is 2.